The Balaban J connectivity index is 0.00000208. The van der Waals surface area contributed by atoms with Crippen molar-refractivity contribution < 1.29 is 9.53 Å². The average molecular weight is 347 g/mol. The third-order valence-corrected chi connectivity index (χ3v) is 4.01. The average Bonchev–Trinajstić information content (AvgIpc) is 2.63. The maximum absolute atomic E-state index is 12.7. The Labute approximate surface area is 149 Å². The first-order valence-corrected chi connectivity index (χ1v) is 8.12. The number of nitrogens with one attached hydrogen (secondary N) is 1. The summed E-state index contributed by atoms with van der Waals surface area (Å²) in [6.07, 6.45) is 0. The lowest BCUT2D eigenvalue weighted by atomic mass is 10.0. The van der Waals surface area contributed by atoms with E-state index in [-0.39, 0.29) is 18.3 Å². The summed E-state index contributed by atoms with van der Waals surface area (Å²) >= 11 is 0. The fourth-order valence-corrected chi connectivity index (χ4v) is 2.86. The highest BCUT2D eigenvalue weighted by atomic mass is 35.5. The zero-order valence-corrected chi connectivity index (χ0v) is 14.6. The lowest BCUT2D eigenvalue weighted by molar-refractivity contribution is 0.0736. The standard InChI is InChI=1S/C19H22N2O2.ClH/c1-2-23-18-9-4-3-8-17(18)15-6-5-7-16(14-15)19(22)21-12-10-20-11-13-21;/h3-9,14,20H,2,10-13H2,1H3;1H. The molecular formula is C19H23ClN2O2. The van der Waals surface area contributed by atoms with Gasteiger partial charge in [-0.3, -0.25) is 4.79 Å². The molecule has 4 nitrogen and oxygen atoms in total. The number of hydrogen-bond donors (Lipinski definition) is 1. The smallest absolute Gasteiger partial charge is 0.253 e. The van der Waals surface area contributed by atoms with Gasteiger partial charge in [-0.15, -0.1) is 12.4 Å². The Morgan fingerprint density at radius 3 is 2.62 bits per heavy atom. The van der Waals surface area contributed by atoms with Gasteiger partial charge >= 0.3 is 0 Å². The number of rotatable bonds is 4. The van der Waals surface area contributed by atoms with Gasteiger partial charge in [0.25, 0.3) is 5.91 Å². The monoisotopic (exact) mass is 346 g/mol. The van der Waals surface area contributed by atoms with Crippen molar-refractivity contribution in [2.45, 2.75) is 6.92 Å². The van der Waals surface area contributed by atoms with Crippen molar-refractivity contribution in [3.63, 3.8) is 0 Å². The minimum atomic E-state index is 0. The van der Waals surface area contributed by atoms with Crippen LogP contribution in [0.5, 0.6) is 5.75 Å². The molecule has 0 bridgehead atoms. The van der Waals surface area contributed by atoms with E-state index in [2.05, 4.69) is 5.32 Å². The summed E-state index contributed by atoms with van der Waals surface area (Å²) in [5, 5.41) is 3.27. The summed E-state index contributed by atoms with van der Waals surface area (Å²) in [6, 6.07) is 15.7. The second-order valence-corrected chi connectivity index (χ2v) is 5.55. The zero-order valence-electron chi connectivity index (χ0n) is 13.8. The van der Waals surface area contributed by atoms with Crippen LogP contribution in [0.1, 0.15) is 17.3 Å². The first kappa shape index (κ1) is 18.3. The van der Waals surface area contributed by atoms with E-state index in [1.54, 1.807) is 0 Å². The second kappa shape index (κ2) is 8.71. The molecule has 0 aromatic heterocycles. The Morgan fingerprint density at radius 2 is 1.88 bits per heavy atom. The van der Waals surface area contributed by atoms with Gasteiger partial charge in [0.15, 0.2) is 0 Å². The Bertz CT molecular complexity index is 685. The quantitative estimate of drug-likeness (QED) is 0.924. The topological polar surface area (TPSA) is 41.6 Å². The molecule has 1 N–H and O–H groups in total. The Kier molecular flexibility index (Phi) is 6.64. The molecule has 0 aliphatic carbocycles. The van der Waals surface area contributed by atoms with Gasteiger partial charge < -0.3 is 15.0 Å². The van der Waals surface area contributed by atoms with Crippen molar-refractivity contribution in [2.75, 3.05) is 32.8 Å². The summed E-state index contributed by atoms with van der Waals surface area (Å²) in [6.45, 7) is 5.84. The van der Waals surface area contributed by atoms with Crippen LogP contribution in [0.4, 0.5) is 0 Å². The molecule has 0 unspecified atom stereocenters. The number of hydrogen-bond acceptors (Lipinski definition) is 3. The molecule has 2 aromatic rings. The predicted octanol–water partition coefficient (Wildman–Crippen LogP) is 3.22. The Hall–Kier alpha value is -2.04. The van der Waals surface area contributed by atoms with Gasteiger partial charge in [0, 0.05) is 37.3 Å². The number of amides is 1. The van der Waals surface area contributed by atoms with Crippen molar-refractivity contribution in [2.24, 2.45) is 0 Å². The molecule has 128 valence electrons. The minimum Gasteiger partial charge on any atom is -0.493 e. The van der Waals surface area contributed by atoms with Gasteiger partial charge in [-0.25, -0.2) is 0 Å². The van der Waals surface area contributed by atoms with Crippen LogP contribution in [0.15, 0.2) is 48.5 Å². The van der Waals surface area contributed by atoms with Gasteiger partial charge in [-0.2, -0.15) is 0 Å². The van der Waals surface area contributed by atoms with E-state index in [1.165, 1.54) is 0 Å². The van der Waals surface area contributed by atoms with Crippen LogP contribution in [0.2, 0.25) is 0 Å². The van der Waals surface area contributed by atoms with Gasteiger partial charge in [-0.1, -0.05) is 30.3 Å². The maximum Gasteiger partial charge on any atom is 0.253 e. The summed E-state index contributed by atoms with van der Waals surface area (Å²) in [7, 11) is 0. The molecule has 0 spiro atoms. The van der Waals surface area contributed by atoms with E-state index >= 15 is 0 Å². The van der Waals surface area contributed by atoms with Gasteiger partial charge in [0.05, 0.1) is 6.61 Å². The van der Waals surface area contributed by atoms with E-state index in [4.69, 9.17) is 4.74 Å². The van der Waals surface area contributed by atoms with Crippen molar-refractivity contribution in [1.29, 1.82) is 0 Å². The number of nitrogens with zero attached hydrogens (tertiary/aromatic N) is 1. The van der Waals surface area contributed by atoms with Crippen molar-refractivity contribution >= 4 is 18.3 Å². The van der Waals surface area contributed by atoms with Gasteiger partial charge in [-0.05, 0) is 30.7 Å². The lowest BCUT2D eigenvalue weighted by Gasteiger charge is -2.27. The number of para-hydroxylation sites is 1. The fraction of sp³-hybridized carbons (Fsp3) is 0.316. The highest BCUT2D eigenvalue weighted by Gasteiger charge is 2.18. The van der Waals surface area contributed by atoms with Crippen LogP contribution in [0.3, 0.4) is 0 Å². The summed E-state index contributed by atoms with van der Waals surface area (Å²) in [4.78, 5) is 14.6. The first-order valence-electron chi connectivity index (χ1n) is 8.12. The van der Waals surface area contributed by atoms with Crippen molar-refractivity contribution in [3.05, 3.63) is 54.1 Å². The molecule has 1 saturated heterocycles. The van der Waals surface area contributed by atoms with Crippen LogP contribution >= 0.6 is 12.4 Å². The van der Waals surface area contributed by atoms with Crippen LogP contribution in [0, 0.1) is 0 Å². The zero-order chi connectivity index (χ0) is 16.1. The fourth-order valence-electron chi connectivity index (χ4n) is 2.86. The molecule has 0 saturated carbocycles. The summed E-state index contributed by atoms with van der Waals surface area (Å²) < 4.78 is 5.70. The number of piperazine rings is 1. The molecule has 1 fully saturated rings. The molecular weight excluding hydrogens is 324 g/mol. The highest BCUT2D eigenvalue weighted by Crippen LogP contribution is 2.30. The van der Waals surface area contributed by atoms with E-state index in [9.17, 15) is 4.79 Å². The number of carbonyl (C=O) groups excluding carboxylic acids is 1. The molecule has 2 aromatic carbocycles. The van der Waals surface area contributed by atoms with Gasteiger partial charge in [0.1, 0.15) is 5.75 Å². The number of halogens is 1. The van der Waals surface area contributed by atoms with Gasteiger partial charge in [0.2, 0.25) is 0 Å². The molecule has 1 amide bonds. The van der Waals surface area contributed by atoms with Crippen LogP contribution in [-0.2, 0) is 0 Å². The molecule has 24 heavy (non-hydrogen) atoms. The third-order valence-electron chi connectivity index (χ3n) is 4.01. The molecule has 1 aliphatic heterocycles. The van der Waals surface area contributed by atoms with Crippen LogP contribution in [0.25, 0.3) is 11.1 Å². The molecule has 5 heteroatoms. The normalized spacial score (nSPS) is 14.0. The first-order chi connectivity index (χ1) is 11.3. The SMILES string of the molecule is CCOc1ccccc1-c1cccc(C(=O)N2CCNCC2)c1.Cl. The molecule has 1 heterocycles. The Morgan fingerprint density at radius 1 is 1.12 bits per heavy atom. The molecule has 0 radical (unpaired) electrons. The largest absolute Gasteiger partial charge is 0.493 e. The van der Waals surface area contributed by atoms with E-state index < -0.39 is 0 Å². The number of carbonyl (C=O) groups is 1. The minimum absolute atomic E-state index is 0. The number of ether oxygens (including phenoxy) is 1. The van der Waals surface area contributed by atoms with Crippen molar-refractivity contribution in [3.8, 4) is 16.9 Å². The van der Waals surface area contributed by atoms with Crippen LogP contribution < -0.4 is 10.1 Å². The van der Waals surface area contributed by atoms with Crippen molar-refractivity contribution in [1.82, 2.24) is 10.2 Å². The second-order valence-electron chi connectivity index (χ2n) is 5.55. The molecule has 1 aliphatic rings. The highest BCUT2D eigenvalue weighted by molar-refractivity contribution is 5.95. The third kappa shape index (κ3) is 4.08. The number of benzene rings is 2. The predicted molar refractivity (Wildman–Crippen MR) is 99.1 cm³/mol. The molecule has 3 rings (SSSR count). The summed E-state index contributed by atoms with van der Waals surface area (Å²) in [5.74, 6) is 0.948. The van der Waals surface area contributed by atoms with E-state index in [1.807, 2.05) is 60.4 Å². The lowest BCUT2D eigenvalue weighted by Crippen LogP contribution is -2.46. The maximum atomic E-state index is 12.7. The summed E-state index contributed by atoms with van der Waals surface area (Å²) in [5.41, 5.74) is 2.76. The van der Waals surface area contributed by atoms with E-state index in [0.29, 0.717) is 6.61 Å². The molecule has 0 atom stereocenters. The van der Waals surface area contributed by atoms with Crippen LogP contribution in [-0.4, -0.2) is 43.6 Å². The van der Waals surface area contributed by atoms with E-state index in [0.717, 1.165) is 48.6 Å².